The zero-order chi connectivity index (χ0) is 20.2. The number of piperidine rings is 1. The molecule has 3 rings (SSSR count). The van der Waals surface area contributed by atoms with Crippen molar-refractivity contribution in [3.05, 3.63) is 24.5 Å². The minimum Gasteiger partial charge on any atom is -0.460 e. The highest BCUT2D eigenvalue weighted by molar-refractivity contribution is 5.71. The number of ether oxygens (including phenoxy) is 1. The highest BCUT2D eigenvalue weighted by Gasteiger charge is 2.38. The minimum absolute atomic E-state index is 0.106. The molecule has 0 spiro atoms. The summed E-state index contributed by atoms with van der Waals surface area (Å²) >= 11 is 0. The fourth-order valence-electron chi connectivity index (χ4n) is 4.42. The molecule has 0 atom stereocenters. The highest BCUT2D eigenvalue weighted by Crippen LogP contribution is 2.35. The van der Waals surface area contributed by atoms with Gasteiger partial charge >= 0.3 is 5.97 Å². The van der Waals surface area contributed by atoms with E-state index in [1.807, 2.05) is 45.3 Å². The normalized spacial score (nSPS) is 27.4. The molecule has 156 valence electrons. The van der Waals surface area contributed by atoms with E-state index in [4.69, 9.17) is 4.74 Å². The molecule has 1 aliphatic heterocycles. The number of esters is 1. The summed E-state index contributed by atoms with van der Waals surface area (Å²) in [5.41, 5.74) is -0.266. The van der Waals surface area contributed by atoms with Crippen molar-refractivity contribution < 1.29 is 14.6 Å². The predicted molar refractivity (Wildman–Crippen MR) is 110 cm³/mol. The third kappa shape index (κ3) is 6.17. The second-order valence-corrected chi connectivity index (χ2v) is 9.41. The van der Waals surface area contributed by atoms with Gasteiger partial charge in [0.25, 0.3) is 0 Å². The topological polar surface area (TPSA) is 74.7 Å². The van der Waals surface area contributed by atoms with E-state index < -0.39 is 11.2 Å². The number of hydrogen-bond acceptors (Lipinski definition) is 6. The molecule has 0 radical (unpaired) electrons. The second-order valence-electron chi connectivity index (χ2n) is 9.41. The first-order valence-electron chi connectivity index (χ1n) is 10.6. The van der Waals surface area contributed by atoms with Crippen molar-refractivity contribution in [3.63, 3.8) is 0 Å². The molecule has 0 unspecified atom stereocenters. The number of likely N-dealkylation sites (tertiary alicyclic amines) is 1. The molecule has 2 heterocycles. The molecule has 1 aliphatic carbocycles. The molecule has 1 aromatic heterocycles. The van der Waals surface area contributed by atoms with Gasteiger partial charge in [0.2, 0.25) is 0 Å². The Hall–Kier alpha value is -1.66. The Morgan fingerprint density at radius 2 is 1.82 bits per heavy atom. The van der Waals surface area contributed by atoms with Crippen LogP contribution in [0.1, 0.15) is 65.7 Å². The average molecular weight is 390 g/mol. The first-order chi connectivity index (χ1) is 13.2. The number of anilines is 1. The Bertz CT molecular complexity index is 628. The van der Waals surface area contributed by atoms with Gasteiger partial charge in [-0.25, -0.2) is 0 Å². The molecular weight excluding hydrogens is 354 g/mol. The van der Waals surface area contributed by atoms with Crippen LogP contribution in [0.25, 0.3) is 0 Å². The number of carbonyl (C=O) groups is 1. The lowest BCUT2D eigenvalue weighted by Gasteiger charge is -2.43. The van der Waals surface area contributed by atoms with Crippen LogP contribution in [0.5, 0.6) is 0 Å². The van der Waals surface area contributed by atoms with E-state index in [-0.39, 0.29) is 12.4 Å². The summed E-state index contributed by atoms with van der Waals surface area (Å²) in [6.45, 7) is 7.74. The van der Waals surface area contributed by atoms with Gasteiger partial charge in [0.05, 0.1) is 12.0 Å². The smallest absolute Gasteiger partial charge is 0.309 e. The van der Waals surface area contributed by atoms with E-state index in [0.717, 1.165) is 44.5 Å². The minimum atomic E-state index is -0.903. The van der Waals surface area contributed by atoms with Gasteiger partial charge in [-0.1, -0.05) is 0 Å². The average Bonchev–Trinajstić information content (AvgIpc) is 2.62. The molecular formula is C22H35N3O3. The molecule has 6 nitrogen and oxygen atoms in total. The van der Waals surface area contributed by atoms with Crippen molar-refractivity contribution in [3.8, 4) is 0 Å². The van der Waals surface area contributed by atoms with Crippen molar-refractivity contribution in [1.29, 1.82) is 0 Å². The van der Waals surface area contributed by atoms with Crippen LogP contribution in [0.15, 0.2) is 24.5 Å². The van der Waals surface area contributed by atoms with E-state index in [1.54, 1.807) is 0 Å². The Kier molecular flexibility index (Phi) is 6.61. The monoisotopic (exact) mass is 389 g/mol. The molecule has 2 aliphatic rings. The van der Waals surface area contributed by atoms with Gasteiger partial charge in [-0.15, -0.1) is 0 Å². The summed E-state index contributed by atoms with van der Waals surface area (Å²) in [5.74, 6) is -0.295. The van der Waals surface area contributed by atoms with Crippen molar-refractivity contribution in [2.45, 2.75) is 89.0 Å². The van der Waals surface area contributed by atoms with Crippen LogP contribution < -0.4 is 5.32 Å². The quantitative estimate of drug-likeness (QED) is 0.752. The standard InChI is InChI=1S/C22H35N3O3/c1-21(2,3)28-20(26)16-22(27)10-4-19(5-11-22)25-14-8-18(9-15-25)24-17-6-12-23-13-7-17/h6-7,12-13,18-19,27H,4-5,8-11,14-16H2,1-3H3,(H,23,24). The van der Waals surface area contributed by atoms with Gasteiger partial charge in [-0.05, 0) is 71.4 Å². The Morgan fingerprint density at radius 3 is 2.39 bits per heavy atom. The molecule has 0 amide bonds. The zero-order valence-electron chi connectivity index (χ0n) is 17.5. The second kappa shape index (κ2) is 8.78. The summed E-state index contributed by atoms with van der Waals surface area (Å²) < 4.78 is 5.39. The maximum absolute atomic E-state index is 12.1. The molecule has 0 bridgehead atoms. The fourth-order valence-corrected chi connectivity index (χ4v) is 4.42. The number of hydrogen-bond donors (Lipinski definition) is 2. The first-order valence-corrected chi connectivity index (χ1v) is 10.6. The molecule has 1 saturated carbocycles. The first kappa shape index (κ1) is 21.1. The predicted octanol–water partition coefficient (Wildman–Crippen LogP) is 3.36. The van der Waals surface area contributed by atoms with Crippen LogP contribution in [0.4, 0.5) is 5.69 Å². The van der Waals surface area contributed by atoms with Gasteiger partial charge in [-0.3, -0.25) is 9.78 Å². The number of rotatable bonds is 5. The molecule has 28 heavy (non-hydrogen) atoms. The van der Waals surface area contributed by atoms with Crippen molar-refractivity contribution in [1.82, 2.24) is 9.88 Å². The van der Waals surface area contributed by atoms with Gasteiger partial charge in [-0.2, -0.15) is 0 Å². The molecule has 2 fully saturated rings. The third-order valence-electron chi connectivity index (χ3n) is 5.88. The number of carbonyl (C=O) groups excluding carboxylic acids is 1. The van der Waals surface area contributed by atoms with Crippen molar-refractivity contribution in [2.24, 2.45) is 0 Å². The Balaban J connectivity index is 1.41. The number of aliphatic hydroxyl groups is 1. The summed E-state index contributed by atoms with van der Waals surface area (Å²) in [6, 6.07) is 5.05. The molecule has 0 aromatic carbocycles. The maximum Gasteiger partial charge on any atom is 0.309 e. The lowest BCUT2D eigenvalue weighted by atomic mass is 9.79. The number of pyridine rings is 1. The third-order valence-corrected chi connectivity index (χ3v) is 5.88. The molecule has 1 saturated heterocycles. The number of nitrogens with one attached hydrogen (secondary N) is 1. The largest absolute Gasteiger partial charge is 0.460 e. The van der Waals surface area contributed by atoms with Crippen molar-refractivity contribution >= 4 is 11.7 Å². The molecule has 1 aromatic rings. The zero-order valence-corrected chi connectivity index (χ0v) is 17.5. The summed E-state index contributed by atoms with van der Waals surface area (Å²) in [7, 11) is 0. The Morgan fingerprint density at radius 1 is 1.21 bits per heavy atom. The summed E-state index contributed by atoms with van der Waals surface area (Å²) in [5, 5.41) is 14.4. The van der Waals surface area contributed by atoms with Gasteiger partial charge in [0.15, 0.2) is 0 Å². The lowest BCUT2D eigenvalue weighted by Crippen LogP contribution is -2.49. The van der Waals surface area contributed by atoms with Gasteiger partial charge in [0, 0.05) is 43.3 Å². The van der Waals surface area contributed by atoms with Crippen LogP contribution in [-0.4, -0.2) is 57.3 Å². The Labute approximate surface area is 168 Å². The van der Waals surface area contributed by atoms with Crippen LogP contribution in [0.2, 0.25) is 0 Å². The van der Waals surface area contributed by atoms with E-state index >= 15 is 0 Å². The molecule has 2 N–H and O–H groups in total. The SMILES string of the molecule is CC(C)(C)OC(=O)CC1(O)CCC(N2CCC(Nc3ccncc3)CC2)CC1. The van der Waals surface area contributed by atoms with Crippen LogP contribution in [0.3, 0.4) is 0 Å². The lowest BCUT2D eigenvalue weighted by molar-refractivity contribution is -0.162. The van der Waals surface area contributed by atoms with Gasteiger partial charge < -0.3 is 20.1 Å². The fraction of sp³-hybridized carbons (Fsp3) is 0.727. The van der Waals surface area contributed by atoms with Crippen LogP contribution in [-0.2, 0) is 9.53 Å². The van der Waals surface area contributed by atoms with Crippen LogP contribution >= 0.6 is 0 Å². The van der Waals surface area contributed by atoms with Crippen LogP contribution in [0, 0.1) is 0 Å². The van der Waals surface area contributed by atoms with E-state index in [9.17, 15) is 9.90 Å². The van der Waals surface area contributed by atoms with E-state index in [1.165, 1.54) is 0 Å². The van der Waals surface area contributed by atoms with E-state index in [0.29, 0.717) is 24.9 Å². The summed E-state index contributed by atoms with van der Waals surface area (Å²) in [4.78, 5) is 18.7. The molecule has 6 heteroatoms. The number of aromatic nitrogens is 1. The van der Waals surface area contributed by atoms with Gasteiger partial charge in [0.1, 0.15) is 5.60 Å². The van der Waals surface area contributed by atoms with Crippen molar-refractivity contribution in [2.75, 3.05) is 18.4 Å². The maximum atomic E-state index is 12.1. The van der Waals surface area contributed by atoms with E-state index in [2.05, 4.69) is 15.2 Å². The summed E-state index contributed by atoms with van der Waals surface area (Å²) in [6.07, 6.45) is 9.23. The highest BCUT2D eigenvalue weighted by atomic mass is 16.6. The number of nitrogens with zero attached hydrogens (tertiary/aromatic N) is 2.